The highest BCUT2D eigenvalue weighted by molar-refractivity contribution is 6.00. The van der Waals surface area contributed by atoms with E-state index in [2.05, 4.69) is 42.5 Å². The number of hydrogen-bond donors (Lipinski definition) is 16. The van der Waals surface area contributed by atoms with Crippen LogP contribution in [-0.4, -0.2) is 216 Å². The number of aliphatic carboxylic acids is 2. The summed E-state index contributed by atoms with van der Waals surface area (Å²) >= 11 is 0. The summed E-state index contributed by atoms with van der Waals surface area (Å²) in [6, 6.07) is -2.87. The van der Waals surface area contributed by atoms with Crippen LogP contribution in [0.25, 0.3) is 0 Å². The van der Waals surface area contributed by atoms with E-state index in [0.29, 0.717) is 11.1 Å². The Kier molecular flexibility index (Phi) is 29.0. The largest absolute Gasteiger partial charge is 0.508 e. The zero-order valence-corrected chi connectivity index (χ0v) is 50.9. The fraction of sp³-hybridized carbons (Fsp3) is 0.576. The molecule has 0 saturated carbocycles. The smallest absolute Gasteiger partial charge is 0.326 e. The van der Waals surface area contributed by atoms with Crippen molar-refractivity contribution in [3.05, 3.63) is 65.7 Å². The number of carbonyl (C=O) groups is 13. The van der Waals surface area contributed by atoms with Crippen LogP contribution in [0.3, 0.4) is 0 Å². The van der Waals surface area contributed by atoms with Crippen molar-refractivity contribution >= 4 is 76.9 Å². The van der Waals surface area contributed by atoms with Crippen LogP contribution in [0.15, 0.2) is 54.6 Å². The number of hydrogen-bond acceptors (Lipinski definition) is 18. The number of aliphatic hydroxyl groups is 3. The Labute approximate surface area is 519 Å². The second-order valence-corrected chi connectivity index (χ2v) is 23.3. The molecule has 2 aromatic carbocycles. The monoisotopic (exact) mass is 1270 g/mol. The van der Waals surface area contributed by atoms with Gasteiger partial charge in [0.05, 0.1) is 31.8 Å². The van der Waals surface area contributed by atoms with Crippen molar-refractivity contribution in [2.75, 3.05) is 26.3 Å². The van der Waals surface area contributed by atoms with E-state index in [9.17, 15) is 93.0 Å². The van der Waals surface area contributed by atoms with Gasteiger partial charge in [-0.1, -0.05) is 70.2 Å². The number of likely N-dealkylation sites (tertiary alicyclic amines) is 2. The number of primary amides is 1. The summed E-state index contributed by atoms with van der Waals surface area (Å²) in [6.45, 7) is 5.97. The first-order valence-electron chi connectivity index (χ1n) is 29.7. The van der Waals surface area contributed by atoms with Gasteiger partial charge in [0.2, 0.25) is 65.0 Å². The number of phenols is 1. The predicted octanol–water partition coefficient (Wildman–Crippen LogP) is -4.35. The predicted molar refractivity (Wildman–Crippen MR) is 318 cm³/mol. The summed E-state index contributed by atoms with van der Waals surface area (Å²) in [5.41, 5.74) is 12.4. The van der Waals surface area contributed by atoms with Crippen molar-refractivity contribution in [1.82, 2.24) is 52.3 Å². The Morgan fingerprint density at radius 2 is 0.989 bits per heavy atom. The van der Waals surface area contributed by atoms with E-state index >= 15 is 0 Å². The van der Waals surface area contributed by atoms with Gasteiger partial charge in [-0.3, -0.25) is 57.5 Å². The number of aliphatic hydroxyl groups excluding tert-OH is 3. The van der Waals surface area contributed by atoms with E-state index in [1.807, 2.05) is 13.8 Å². The summed E-state index contributed by atoms with van der Waals surface area (Å²) in [7, 11) is 0. The van der Waals surface area contributed by atoms with Crippen LogP contribution in [0.5, 0.6) is 5.75 Å². The molecule has 0 aliphatic carbocycles. The Balaban J connectivity index is 1.50. The van der Waals surface area contributed by atoms with Gasteiger partial charge in [0.1, 0.15) is 66.2 Å². The van der Waals surface area contributed by atoms with Gasteiger partial charge in [0.15, 0.2) is 0 Å². The lowest BCUT2D eigenvalue weighted by Crippen LogP contribution is -2.62. The van der Waals surface area contributed by atoms with Crippen molar-refractivity contribution in [3.63, 3.8) is 0 Å². The lowest BCUT2D eigenvalue weighted by Gasteiger charge is -2.31. The number of carboxylic acids is 2. The van der Waals surface area contributed by atoms with Crippen LogP contribution in [-0.2, 0) is 75.2 Å². The van der Waals surface area contributed by atoms with Gasteiger partial charge in [0, 0.05) is 32.4 Å². The molecule has 2 saturated heterocycles. The van der Waals surface area contributed by atoms with E-state index < -0.39 is 182 Å². The number of rotatable bonds is 35. The third-order valence-electron chi connectivity index (χ3n) is 15.0. The lowest BCUT2D eigenvalue weighted by atomic mass is 10.0. The molecule has 496 valence electrons. The molecular weight excluding hydrogens is 1180 g/mol. The Bertz CT molecular complexity index is 2860. The zero-order valence-electron chi connectivity index (χ0n) is 50.9. The lowest BCUT2D eigenvalue weighted by molar-refractivity contribution is -0.144. The topological polar surface area (TPSA) is 498 Å². The summed E-state index contributed by atoms with van der Waals surface area (Å²) in [5.74, 6) is -14.0. The molecule has 31 nitrogen and oxygen atoms in total. The molecule has 2 aromatic rings. The van der Waals surface area contributed by atoms with Crippen LogP contribution >= 0.6 is 0 Å². The molecule has 0 bridgehead atoms. The maximum absolute atomic E-state index is 14.7. The zero-order chi connectivity index (χ0) is 67.1. The highest BCUT2D eigenvalue weighted by atomic mass is 16.4. The van der Waals surface area contributed by atoms with Crippen LogP contribution in [0, 0.1) is 11.8 Å². The number of nitrogens with zero attached hydrogens (tertiary/aromatic N) is 2. The van der Waals surface area contributed by atoms with Gasteiger partial charge >= 0.3 is 11.9 Å². The first-order chi connectivity index (χ1) is 42.4. The van der Waals surface area contributed by atoms with E-state index in [1.165, 1.54) is 24.3 Å². The normalized spacial score (nSPS) is 18.0. The number of aromatic hydroxyl groups is 1. The third kappa shape index (κ3) is 22.7. The molecule has 18 N–H and O–H groups in total. The molecule has 12 atom stereocenters. The number of phenolic OH excluding ortho intramolecular Hbond substituents is 1. The minimum atomic E-state index is -1.79. The minimum Gasteiger partial charge on any atom is -0.508 e. The second kappa shape index (κ2) is 35.4. The molecule has 2 heterocycles. The number of carboxylic acid groups (broad SMARTS) is 2. The Morgan fingerprint density at radius 3 is 1.50 bits per heavy atom. The molecule has 31 heteroatoms. The van der Waals surface area contributed by atoms with E-state index in [4.69, 9.17) is 11.5 Å². The molecule has 4 rings (SSSR count). The molecule has 0 aromatic heterocycles. The Hall–Kier alpha value is -8.81. The molecule has 2 fully saturated rings. The molecule has 90 heavy (non-hydrogen) atoms. The summed E-state index contributed by atoms with van der Waals surface area (Å²) in [5, 5.41) is 79.9. The van der Waals surface area contributed by atoms with Crippen LogP contribution < -0.4 is 54.0 Å². The van der Waals surface area contributed by atoms with Gasteiger partial charge in [-0.25, -0.2) is 4.79 Å². The standard InChI is InChI=1S/C59H86N12O19/c1-30(2)23-36(60)49(79)63-38(25-34-15-17-35(75)18-16-34)52(82)69-48(32(5)74)56(86)68-43(29-73)58(88)71-22-10-14-45(71)55(85)67-42(28-72)53(83)65-40(26-33-11-7-6-8-12-33)57(87)70-21-9-13-44(70)54(84)62-37(19-20-47(77)78)50(80)64-39(27-46(61)76)51(81)66-41(59(89)90)24-31(3)4/h6-8,11-12,15-18,30-32,36-45,48,72-75H,9-10,13-14,19-29,60H2,1-5H3,(H2,61,76)(H,62,84)(H,63,79)(H,64,80)(H,65,83)(H,66,81)(H,67,85)(H,68,86)(H,69,82)(H,77,78)(H,89,90)/t32-,36+,37+,38+,39+,40+,41+,42+,43+,44+,45+,48+/m1/s1. The molecule has 11 amide bonds. The van der Waals surface area contributed by atoms with Crippen molar-refractivity contribution in [3.8, 4) is 5.75 Å². The highest BCUT2D eigenvalue weighted by Crippen LogP contribution is 2.23. The summed E-state index contributed by atoms with van der Waals surface area (Å²) in [4.78, 5) is 177. The number of carbonyl (C=O) groups excluding carboxylic acids is 11. The number of benzene rings is 2. The fourth-order valence-electron chi connectivity index (χ4n) is 10.3. The maximum atomic E-state index is 14.7. The molecule has 2 aliphatic rings. The van der Waals surface area contributed by atoms with E-state index in [0.717, 1.165) is 16.7 Å². The van der Waals surface area contributed by atoms with Gasteiger partial charge in [-0.15, -0.1) is 0 Å². The quantitative estimate of drug-likeness (QED) is 0.0310. The molecular formula is C59H86N12O19. The van der Waals surface area contributed by atoms with Crippen LogP contribution in [0.4, 0.5) is 0 Å². The summed E-state index contributed by atoms with van der Waals surface area (Å²) < 4.78 is 0. The number of nitrogens with two attached hydrogens (primary N) is 2. The van der Waals surface area contributed by atoms with Crippen molar-refractivity contribution < 1.29 is 93.0 Å². The number of nitrogens with one attached hydrogen (secondary N) is 8. The maximum Gasteiger partial charge on any atom is 0.326 e. The third-order valence-corrected chi connectivity index (χ3v) is 15.0. The molecule has 0 radical (unpaired) electrons. The second-order valence-electron chi connectivity index (χ2n) is 23.3. The van der Waals surface area contributed by atoms with Gasteiger partial charge in [-0.05, 0) is 87.0 Å². The molecule has 2 aliphatic heterocycles. The van der Waals surface area contributed by atoms with Crippen molar-refractivity contribution in [2.45, 2.75) is 178 Å². The van der Waals surface area contributed by atoms with Crippen LogP contribution in [0.1, 0.15) is 104 Å². The van der Waals surface area contributed by atoms with Crippen LogP contribution in [0.2, 0.25) is 0 Å². The molecule has 0 spiro atoms. The highest BCUT2D eigenvalue weighted by Gasteiger charge is 2.43. The average Bonchev–Trinajstić information content (AvgIpc) is 1.90. The van der Waals surface area contributed by atoms with E-state index in [1.54, 1.807) is 44.2 Å². The van der Waals surface area contributed by atoms with Crippen molar-refractivity contribution in [2.24, 2.45) is 23.3 Å². The minimum absolute atomic E-state index is 0.000517. The van der Waals surface area contributed by atoms with Gasteiger partial charge in [0.25, 0.3) is 0 Å². The van der Waals surface area contributed by atoms with Gasteiger partial charge in [-0.2, -0.15) is 0 Å². The van der Waals surface area contributed by atoms with E-state index in [-0.39, 0.29) is 82.0 Å². The SMILES string of the molecule is CC(C)C[C@H](NC(=O)[C@H](CC(N)=O)NC(=O)[C@H](CCC(=O)O)NC(=O)[C@@H]1CCCN1C(=O)[C@H](Cc1ccccc1)NC(=O)[C@H](CO)NC(=O)[C@@H]1CCCN1C(=O)[C@H](CO)NC(=O)[C@@H](NC(=O)[C@H](Cc1ccc(O)cc1)NC(=O)[C@@H](N)CC(C)C)[C@@H](C)O)C(=O)O. The average molecular weight is 1270 g/mol. The first-order valence-corrected chi connectivity index (χ1v) is 29.7. The first kappa shape index (κ1) is 73.7. The number of amides is 11. The summed E-state index contributed by atoms with van der Waals surface area (Å²) in [6.07, 6.45) is -3.42. The van der Waals surface area contributed by atoms with Gasteiger partial charge < -0.3 is 94.4 Å². The van der Waals surface area contributed by atoms with Crippen molar-refractivity contribution in [1.29, 1.82) is 0 Å². The fourth-order valence-corrected chi connectivity index (χ4v) is 10.3. The molecule has 0 unspecified atom stereocenters. The Morgan fingerprint density at radius 1 is 0.533 bits per heavy atom.